The summed E-state index contributed by atoms with van der Waals surface area (Å²) in [6.07, 6.45) is 5.47. The minimum Gasteiger partial charge on any atom is -0.478 e. The van der Waals surface area contributed by atoms with Crippen LogP contribution in [0.1, 0.15) is 48.5 Å². The fraction of sp³-hybridized carbons (Fsp3) is 0.562. The van der Waals surface area contributed by atoms with Gasteiger partial charge in [0, 0.05) is 12.6 Å². The molecule has 1 saturated carbocycles. The zero-order valence-corrected chi connectivity index (χ0v) is 11.8. The van der Waals surface area contributed by atoms with Gasteiger partial charge < -0.3 is 5.11 Å². The smallest absolute Gasteiger partial charge is 0.335 e. The molecular weight excluding hydrogens is 238 g/mol. The van der Waals surface area contributed by atoms with Crippen LogP contribution in [0.3, 0.4) is 0 Å². The number of nitrogens with zero attached hydrogens (tertiary/aromatic N) is 1. The molecule has 3 heteroatoms. The van der Waals surface area contributed by atoms with Crippen LogP contribution in [0.5, 0.6) is 0 Å². The van der Waals surface area contributed by atoms with E-state index in [9.17, 15) is 4.79 Å². The van der Waals surface area contributed by atoms with E-state index in [1.54, 1.807) is 12.1 Å². The van der Waals surface area contributed by atoms with Gasteiger partial charge in [0.1, 0.15) is 0 Å². The van der Waals surface area contributed by atoms with Gasteiger partial charge in [0.25, 0.3) is 0 Å². The second-order valence-corrected chi connectivity index (χ2v) is 5.80. The van der Waals surface area contributed by atoms with Crippen molar-refractivity contribution >= 4 is 5.97 Å². The molecule has 0 radical (unpaired) electrons. The molecule has 0 amide bonds. The molecule has 0 aromatic heterocycles. The van der Waals surface area contributed by atoms with E-state index in [-0.39, 0.29) is 0 Å². The molecule has 19 heavy (non-hydrogen) atoms. The predicted molar refractivity (Wildman–Crippen MR) is 76.3 cm³/mol. The molecule has 0 aliphatic heterocycles. The van der Waals surface area contributed by atoms with Crippen molar-refractivity contribution in [3.63, 3.8) is 0 Å². The third-order valence-corrected chi connectivity index (χ3v) is 4.28. The fourth-order valence-electron chi connectivity index (χ4n) is 2.59. The number of aromatic carboxylic acids is 1. The topological polar surface area (TPSA) is 40.5 Å². The molecule has 104 valence electrons. The lowest BCUT2D eigenvalue weighted by Crippen LogP contribution is -2.32. The van der Waals surface area contributed by atoms with Crippen molar-refractivity contribution in [3.8, 4) is 0 Å². The average molecular weight is 261 g/mol. The quantitative estimate of drug-likeness (QED) is 0.853. The van der Waals surface area contributed by atoms with Crippen LogP contribution in [0, 0.1) is 5.92 Å². The van der Waals surface area contributed by atoms with E-state index in [1.165, 1.54) is 31.2 Å². The SMILES string of the molecule is CC(CC1CCC1)N(C)Cc1ccc(C(=O)O)cc1. The average Bonchev–Trinajstić information content (AvgIpc) is 2.34. The summed E-state index contributed by atoms with van der Waals surface area (Å²) in [5.74, 6) is 0.0603. The summed E-state index contributed by atoms with van der Waals surface area (Å²) < 4.78 is 0. The highest BCUT2D eigenvalue weighted by Gasteiger charge is 2.21. The van der Waals surface area contributed by atoms with Gasteiger partial charge in [-0.05, 0) is 44.0 Å². The Morgan fingerprint density at radius 2 is 2.00 bits per heavy atom. The van der Waals surface area contributed by atoms with Crippen LogP contribution in [0.2, 0.25) is 0 Å². The van der Waals surface area contributed by atoms with Crippen molar-refractivity contribution in [2.45, 2.75) is 45.2 Å². The van der Waals surface area contributed by atoms with Crippen molar-refractivity contribution in [2.24, 2.45) is 5.92 Å². The maximum atomic E-state index is 10.8. The summed E-state index contributed by atoms with van der Waals surface area (Å²) in [6.45, 7) is 3.16. The van der Waals surface area contributed by atoms with E-state index in [0.717, 1.165) is 12.5 Å². The Kier molecular flexibility index (Phi) is 4.59. The third kappa shape index (κ3) is 3.80. The fourth-order valence-corrected chi connectivity index (χ4v) is 2.59. The lowest BCUT2D eigenvalue weighted by molar-refractivity contribution is 0.0697. The summed E-state index contributed by atoms with van der Waals surface area (Å²) >= 11 is 0. The van der Waals surface area contributed by atoms with E-state index in [0.29, 0.717) is 11.6 Å². The first-order valence-corrected chi connectivity index (χ1v) is 7.08. The standard InChI is InChI=1S/C16H23NO2/c1-12(10-13-4-3-5-13)17(2)11-14-6-8-15(9-7-14)16(18)19/h6-9,12-13H,3-5,10-11H2,1-2H3,(H,18,19). The van der Waals surface area contributed by atoms with Crippen LogP contribution in [-0.4, -0.2) is 29.1 Å². The largest absolute Gasteiger partial charge is 0.478 e. The maximum absolute atomic E-state index is 10.8. The van der Waals surface area contributed by atoms with Crippen LogP contribution in [0.15, 0.2) is 24.3 Å². The van der Waals surface area contributed by atoms with Gasteiger partial charge in [-0.3, -0.25) is 4.90 Å². The molecular formula is C16H23NO2. The van der Waals surface area contributed by atoms with Gasteiger partial charge in [0.05, 0.1) is 5.56 Å². The molecule has 1 aliphatic rings. The summed E-state index contributed by atoms with van der Waals surface area (Å²) in [4.78, 5) is 13.1. The first kappa shape index (κ1) is 14.1. The molecule has 1 aromatic rings. The van der Waals surface area contributed by atoms with Crippen molar-refractivity contribution in [2.75, 3.05) is 7.05 Å². The number of carboxylic acid groups (broad SMARTS) is 1. The molecule has 1 unspecified atom stereocenters. The van der Waals surface area contributed by atoms with Gasteiger partial charge in [-0.2, -0.15) is 0 Å². The maximum Gasteiger partial charge on any atom is 0.335 e. The third-order valence-electron chi connectivity index (χ3n) is 4.28. The van der Waals surface area contributed by atoms with Crippen LogP contribution < -0.4 is 0 Å². The second kappa shape index (κ2) is 6.20. The molecule has 1 aromatic carbocycles. The number of carbonyl (C=O) groups is 1. The minimum absolute atomic E-state index is 0.355. The summed E-state index contributed by atoms with van der Waals surface area (Å²) in [5, 5.41) is 8.87. The number of rotatable bonds is 6. The van der Waals surface area contributed by atoms with Gasteiger partial charge in [-0.15, -0.1) is 0 Å². The Bertz CT molecular complexity index is 423. The first-order valence-electron chi connectivity index (χ1n) is 7.08. The van der Waals surface area contributed by atoms with Gasteiger partial charge in [0.15, 0.2) is 0 Å². The summed E-state index contributed by atoms with van der Waals surface area (Å²) in [6, 6.07) is 7.78. The molecule has 1 N–H and O–H groups in total. The summed E-state index contributed by atoms with van der Waals surface area (Å²) in [5.41, 5.74) is 1.53. The zero-order chi connectivity index (χ0) is 13.8. The van der Waals surface area contributed by atoms with Gasteiger partial charge >= 0.3 is 5.97 Å². The predicted octanol–water partition coefficient (Wildman–Crippen LogP) is 3.40. The number of hydrogen-bond donors (Lipinski definition) is 1. The highest BCUT2D eigenvalue weighted by Crippen LogP contribution is 2.31. The first-order chi connectivity index (χ1) is 9.06. The number of hydrogen-bond acceptors (Lipinski definition) is 2. The van der Waals surface area contributed by atoms with Crippen molar-refractivity contribution in [1.29, 1.82) is 0 Å². The van der Waals surface area contributed by atoms with Crippen LogP contribution in [-0.2, 0) is 6.54 Å². The highest BCUT2D eigenvalue weighted by atomic mass is 16.4. The normalized spacial score (nSPS) is 17.2. The Balaban J connectivity index is 1.86. The second-order valence-electron chi connectivity index (χ2n) is 5.80. The van der Waals surface area contributed by atoms with Crippen molar-refractivity contribution in [1.82, 2.24) is 4.90 Å². The Morgan fingerprint density at radius 1 is 1.37 bits per heavy atom. The lowest BCUT2D eigenvalue weighted by atomic mass is 9.81. The van der Waals surface area contributed by atoms with E-state index in [4.69, 9.17) is 5.11 Å². The zero-order valence-electron chi connectivity index (χ0n) is 11.8. The van der Waals surface area contributed by atoms with Crippen LogP contribution in [0.25, 0.3) is 0 Å². The Labute approximate surface area is 115 Å². The Hall–Kier alpha value is -1.35. The molecule has 0 bridgehead atoms. The van der Waals surface area contributed by atoms with E-state index in [1.807, 2.05) is 12.1 Å². The molecule has 0 saturated heterocycles. The molecule has 1 fully saturated rings. The highest BCUT2D eigenvalue weighted by molar-refractivity contribution is 5.87. The Morgan fingerprint density at radius 3 is 2.47 bits per heavy atom. The van der Waals surface area contributed by atoms with E-state index in [2.05, 4.69) is 18.9 Å². The lowest BCUT2D eigenvalue weighted by Gasteiger charge is -2.32. The van der Waals surface area contributed by atoms with E-state index >= 15 is 0 Å². The molecule has 1 atom stereocenters. The number of benzene rings is 1. The molecule has 1 aliphatic carbocycles. The van der Waals surface area contributed by atoms with Gasteiger partial charge in [-0.25, -0.2) is 4.79 Å². The van der Waals surface area contributed by atoms with Gasteiger partial charge in [-0.1, -0.05) is 31.4 Å². The summed E-state index contributed by atoms with van der Waals surface area (Å²) in [7, 11) is 2.15. The van der Waals surface area contributed by atoms with E-state index < -0.39 is 5.97 Å². The van der Waals surface area contributed by atoms with Crippen LogP contribution in [0.4, 0.5) is 0 Å². The number of carboxylic acids is 1. The molecule has 2 rings (SSSR count). The molecule has 0 heterocycles. The van der Waals surface area contributed by atoms with Crippen molar-refractivity contribution in [3.05, 3.63) is 35.4 Å². The van der Waals surface area contributed by atoms with Crippen molar-refractivity contribution < 1.29 is 9.90 Å². The molecule has 0 spiro atoms. The van der Waals surface area contributed by atoms with Crippen LogP contribution >= 0.6 is 0 Å². The monoisotopic (exact) mass is 261 g/mol. The van der Waals surface area contributed by atoms with Gasteiger partial charge in [0.2, 0.25) is 0 Å². The minimum atomic E-state index is -0.863. The molecule has 3 nitrogen and oxygen atoms in total.